The summed E-state index contributed by atoms with van der Waals surface area (Å²) in [6, 6.07) is 9.19. The summed E-state index contributed by atoms with van der Waals surface area (Å²) in [5, 5.41) is 0. The predicted octanol–water partition coefficient (Wildman–Crippen LogP) is 4.86. The van der Waals surface area contributed by atoms with Crippen LogP contribution in [0.4, 0.5) is 0 Å². The van der Waals surface area contributed by atoms with Gasteiger partial charge < -0.3 is 0 Å². The number of benzene rings is 1. The van der Waals surface area contributed by atoms with Crippen LogP contribution in [0.5, 0.6) is 0 Å². The van der Waals surface area contributed by atoms with E-state index in [4.69, 9.17) is 0 Å². The monoisotopic (exact) mass is 218 g/mol. The summed E-state index contributed by atoms with van der Waals surface area (Å²) in [5.41, 5.74) is 3.32. The highest BCUT2D eigenvalue weighted by Crippen LogP contribution is 2.21. The topological polar surface area (TPSA) is 0 Å². The van der Waals surface area contributed by atoms with E-state index in [1.165, 1.54) is 24.0 Å². The van der Waals surface area contributed by atoms with Crippen LogP contribution in [0.1, 0.15) is 52.2 Å². The summed E-state index contributed by atoms with van der Waals surface area (Å²) in [6.07, 6.45) is 3.65. The summed E-state index contributed by atoms with van der Waals surface area (Å²) in [7, 11) is 0. The summed E-state index contributed by atoms with van der Waals surface area (Å²) in [5.74, 6) is 0.800. The molecule has 0 N–H and O–H groups in total. The van der Waals surface area contributed by atoms with E-state index >= 15 is 0 Å². The molecular formula is C16H26. The van der Waals surface area contributed by atoms with Crippen molar-refractivity contribution in [1.29, 1.82) is 0 Å². The van der Waals surface area contributed by atoms with Gasteiger partial charge in [-0.25, -0.2) is 0 Å². The van der Waals surface area contributed by atoms with Gasteiger partial charge in [0, 0.05) is 0 Å². The first-order chi connectivity index (χ1) is 7.40. The molecule has 0 nitrogen and oxygen atoms in total. The van der Waals surface area contributed by atoms with Crippen molar-refractivity contribution in [2.24, 2.45) is 11.3 Å². The van der Waals surface area contributed by atoms with E-state index in [2.05, 4.69) is 58.9 Å². The number of hydrogen-bond acceptors (Lipinski definition) is 0. The largest absolute Gasteiger partial charge is 0.0651 e. The molecule has 0 heteroatoms. The summed E-state index contributed by atoms with van der Waals surface area (Å²) in [6.45, 7) is 11.5. The van der Waals surface area contributed by atoms with Gasteiger partial charge in [-0.05, 0) is 35.3 Å². The van der Waals surface area contributed by atoms with E-state index < -0.39 is 0 Å². The molecule has 0 aliphatic heterocycles. The fourth-order valence-corrected chi connectivity index (χ4v) is 1.95. The van der Waals surface area contributed by atoms with Crippen LogP contribution in [0.15, 0.2) is 24.3 Å². The van der Waals surface area contributed by atoms with E-state index in [0.717, 1.165) is 12.3 Å². The quantitative estimate of drug-likeness (QED) is 0.676. The standard InChI is InChI=1S/C16H26/c1-6-13(2)11-14-7-9-15(10-8-14)12-16(3,4)5/h7-10,13H,6,11-12H2,1-5H3. The van der Waals surface area contributed by atoms with E-state index in [0.29, 0.717) is 5.41 Å². The lowest BCUT2D eigenvalue weighted by Gasteiger charge is -2.18. The Morgan fingerprint density at radius 1 is 1.00 bits per heavy atom. The van der Waals surface area contributed by atoms with Gasteiger partial charge in [-0.2, -0.15) is 0 Å². The molecule has 0 aromatic heterocycles. The SMILES string of the molecule is CCC(C)Cc1ccc(CC(C)(C)C)cc1. The molecule has 1 rings (SSSR count). The maximum absolute atomic E-state index is 2.32. The lowest BCUT2D eigenvalue weighted by Crippen LogP contribution is -2.09. The van der Waals surface area contributed by atoms with Crippen molar-refractivity contribution in [3.05, 3.63) is 35.4 Å². The minimum absolute atomic E-state index is 0.387. The van der Waals surface area contributed by atoms with Crippen molar-refractivity contribution in [3.63, 3.8) is 0 Å². The third kappa shape index (κ3) is 4.83. The fourth-order valence-electron chi connectivity index (χ4n) is 1.95. The second-order valence-corrected chi connectivity index (χ2v) is 6.27. The molecule has 0 radical (unpaired) electrons. The summed E-state index contributed by atoms with van der Waals surface area (Å²) in [4.78, 5) is 0. The molecule has 0 aliphatic carbocycles. The second kappa shape index (κ2) is 5.52. The molecule has 1 unspecified atom stereocenters. The second-order valence-electron chi connectivity index (χ2n) is 6.27. The van der Waals surface area contributed by atoms with Crippen LogP contribution < -0.4 is 0 Å². The molecule has 0 heterocycles. The van der Waals surface area contributed by atoms with E-state index in [1.54, 1.807) is 0 Å². The van der Waals surface area contributed by atoms with Gasteiger partial charge in [-0.1, -0.05) is 65.3 Å². The molecule has 1 aromatic carbocycles. The highest BCUT2D eigenvalue weighted by atomic mass is 14.2. The zero-order chi connectivity index (χ0) is 12.2. The molecule has 16 heavy (non-hydrogen) atoms. The average molecular weight is 218 g/mol. The average Bonchev–Trinajstić information content (AvgIpc) is 2.18. The van der Waals surface area contributed by atoms with Crippen LogP contribution in [0, 0.1) is 11.3 Å². The van der Waals surface area contributed by atoms with E-state index in [1.807, 2.05) is 0 Å². The molecular weight excluding hydrogens is 192 g/mol. The molecule has 0 bridgehead atoms. The third-order valence-corrected chi connectivity index (χ3v) is 3.04. The Hall–Kier alpha value is -0.780. The smallest absolute Gasteiger partial charge is 0.0230 e. The van der Waals surface area contributed by atoms with Gasteiger partial charge in [0.05, 0.1) is 0 Å². The van der Waals surface area contributed by atoms with Crippen molar-refractivity contribution < 1.29 is 0 Å². The van der Waals surface area contributed by atoms with Crippen molar-refractivity contribution >= 4 is 0 Å². The van der Waals surface area contributed by atoms with Crippen LogP contribution >= 0.6 is 0 Å². The minimum atomic E-state index is 0.387. The Bertz CT molecular complexity index is 300. The van der Waals surface area contributed by atoms with E-state index in [9.17, 15) is 0 Å². The maximum Gasteiger partial charge on any atom is -0.0230 e. The van der Waals surface area contributed by atoms with Crippen LogP contribution in [0.3, 0.4) is 0 Å². The number of rotatable bonds is 4. The first-order valence-electron chi connectivity index (χ1n) is 6.48. The zero-order valence-corrected chi connectivity index (χ0v) is 11.5. The molecule has 90 valence electrons. The molecule has 0 spiro atoms. The Balaban J connectivity index is 2.61. The highest BCUT2D eigenvalue weighted by Gasteiger charge is 2.11. The molecule has 0 amide bonds. The molecule has 1 atom stereocenters. The fraction of sp³-hybridized carbons (Fsp3) is 0.625. The van der Waals surface area contributed by atoms with Gasteiger partial charge in [-0.3, -0.25) is 0 Å². The van der Waals surface area contributed by atoms with Crippen LogP contribution in [0.25, 0.3) is 0 Å². The normalized spacial score (nSPS) is 13.8. The van der Waals surface area contributed by atoms with Gasteiger partial charge in [0.25, 0.3) is 0 Å². The molecule has 0 saturated heterocycles. The predicted molar refractivity (Wildman–Crippen MR) is 72.8 cm³/mol. The van der Waals surface area contributed by atoms with Gasteiger partial charge in [0.2, 0.25) is 0 Å². The number of hydrogen-bond donors (Lipinski definition) is 0. The molecule has 1 aromatic rings. The van der Waals surface area contributed by atoms with E-state index in [-0.39, 0.29) is 0 Å². The van der Waals surface area contributed by atoms with Crippen LogP contribution in [-0.2, 0) is 12.8 Å². The first kappa shape index (κ1) is 13.3. The Labute approximate surface area is 101 Å². The Morgan fingerprint density at radius 2 is 1.50 bits per heavy atom. The van der Waals surface area contributed by atoms with Gasteiger partial charge in [-0.15, -0.1) is 0 Å². The summed E-state index contributed by atoms with van der Waals surface area (Å²) < 4.78 is 0. The lowest BCUT2D eigenvalue weighted by atomic mass is 9.87. The van der Waals surface area contributed by atoms with Crippen LogP contribution in [0.2, 0.25) is 0 Å². The minimum Gasteiger partial charge on any atom is -0.0651 e. The summed E-state index contributed by atoms with van der Waals surface area (Å²) >= 11 is 0. The third-order valence-electron chi connectivity index (χ3n) is 3.04. The lowest BCUT2D eigenvalue weighted by molar-refractivity contribution is 0.411. The zero-order valence-electron chi connectivity index (χ0n) is 11.5. The maximum atomic E-state index is 2.32. The van der Waals surface area contributed by atoms with Gasteiger partial charge in [0.1, 0.15) is 0 Å². The molecule has 0 aliphatic rings. The van der Waals surface area contributed by atoms with Crippen molar-refractivity contribution in [1.82, 2.24) is 0 Å². The highest BCUT2D eigenvalue weighted by molar-refractivity contribution is 5.23. The van der Waals surface area contributed by atoms with Crippen molar-refractivity contribution in [3.8, 4) is 0 Å². The van der Waals surface area contributed by atoms with Crippen molar-refractivity contribution in [2.45, 2.75) is 53.9 Å². The van der Waals surface area contributed by atoms with Gasteiger partial charge in [0.15, 0.2) is 0 Å². The first-order valence-corrected chi connectivity index (χ1v) is 6.48. The van der Waals surface area contributed by atoms with Gasteiger partial charge >= 0.3 is 0 Å². The van der Waals surface area contributed by atoms with Crippen molar-refractivity contribution in [2.75, 3.05) is 0 Å². The molecule has 0 fully saturated rings. The Morgan fingerprint density at radius 3 is 1.94 bits per heavy atom. The molecule has 0 saturated carbocycles. The Kier molecular flexibility index (Phi) is 4.58. The van der Waals surface area contributed by atoms with Crippen LogP contribution in [-0.4, -0.2) is 0 Å².